The van der Waals surface area contributed by atoms with Gasteiger partial charge in [0.15, 0.2) is 5.96 Å². The molecule has 5 nitrogen and oxygen atoms in total. The monoisotopic (exact) mass is 474 g/mol. The summed E-state index contributed by atoms with van der Waals surface area (Å²) in [6, 6.07) is 11.1. The molecule has 1 aliphatic carbocycles. The summed E-state index contributed by atoms with van der Waals surface area (Å²) in [5.41, 5.74) is 1.36. The number of nitrogens with one attached hydrogen (secondary N) is 1. The largest absolute Gasteiger partial charge is 0.379 e. The zero-order valence-corrected chi connectivity index (χ0v) is 19.0. The Hall–Kier alpha value is -0.860. The SMILES string of the molecule is CN=C(NCC(Cc1ccccc1)N(C)C)N(C)CCOCC1CC1.I. The zero-order chi connectivity index (χ0) is 18.1. The van der Waals surface area contributed by atoms with E-state index < -0.39 is 0 Å². The van der Waals surface area contributed by atoms with Crippen molar-refractivity contribution in [1.29, 1.82) is 0 Å². The topological polar surface area (TPSA) is 40.1 Å². The molecule has 0 saturated heterocycles. The van der Waals surface area contributed by atoms with E-state index in [0.717, 1.165) is 44.6 Å². The van der Waals surface area contributed by atoms with Gasteiger partial charge in [-0.1, -0.05) is 30.3 Å². The highest BCUT2D eigenvalue weighted by Crippen LogP contribution is 2.28. The molecule has 0 aliphatic heterocycles. The first-order valence-electron chi connectivity index (χ1n) is 9.30. The fraction of sp³-hybridized carbons (Fsp3) is 0.650. The molecule has 0 aromatic heterocycles. The molecule has 1 saturated carbocycles. The van der Waals surface area contributed by atoms with E-state index in [9.17, 15) is 0 Å². The predicted molar refractivity (Wildman–Crippen MR) is 121 cm³/mol. The van der Waals surface area contributed by atoms with Crippen LogP contribution in [0.5, 0.6) is 0 Å². The van der Waals surface area contributed by atoms with Crippen LogP contribution in [0.25, 0.3) is 0 Å². The van der Waals surface area contributed by atoms with Crippen molar-refractivity contribution < 1.29 is 4.74 Å². The number of nitrogens with zero attached hydrogens (tertiary/aromatic N) is 3. The molecule has 1 N–H and O–H groups in total. The van der Waals surface area contributed by atoms with Gasteiger partial charge in [-0.25, -0.2) is 0 Å². The maximum absolute atomic E-state index is 5.73. The molecule has 1 fully saturated rings. The Morgan fingerprint density at radius 1 is 1.23 bits per heavy atom. The number of halogens is 1. The summed E-state index contributed by atoms with van der Waals surface area (Å²) in [6.07, 6.45) is 3.70. The minimum absolute atomic E-state index is 0. The van der Waals surface area contributed by atoms with Crippen LogP contribution in [0.4, 0.5) is 0 Å². The van der Waals surface area contributed by atoms with Crippen molar-refractivity contribution in [3.8, 4) is 0 Å². The van der Waals surface area contributed by atoms with E-state index in [0.29, 0.717) is 6.04 Å². The third kappa shape index (κ3) is 8.68. The Bertz CT molecular complexity index is 520. The summed E-state index contributed by atoms with van der Waals surface area (Å²) in [6.45, 7) is 3.40. The van der Waals surface area contributed by atoms with Crippen molar-refractivity contribution in [1.82, 2.24) is 15.1 Å². The molecule has 6 heteroatoms. The van der Waals surface area contributed by atoms with Gasteiger partial charge in [0.05, 0.1) is 6.61 Å². The Morgan fingerprint density at radius 3 is 2.50 bits per heavy atom. The van der Waals surface area contributed by atoms with Crippen LogP contribution in [0.2, 0.25) is 0 Å². The second kappa shape index (κ2) is 12.5. The number of hydrogen-bond donors (Lipinski definition) is 1. The lowest BCUT2D eigenvalue weighted by Crippen LogP contribution is -2.47. The van der Waals surface area contributed by atoms with Crippen LogP contribution in [0, 0.1) is 5.92 Å². The first-order chi connectivity index (χ1) is 12.1. The van der Waals surface area contributed by atoms with Crippen molar-refractivity contribution in [2.24, 2.45) is 10.9 Å². The van der Waals surface area contributed by atoms with Crippen LogP contribution in [0.1, 0.15) is 18.4 Å². The average molecular weight is 474 g/mol. The number of hydrogen-bond acceptors (Lipinski definition) is 3. The maximum atomic E-state index is 5.73. The lowest BCUT2D eigenvalue weighted by Gasteiger charge is -2.28. The molecule has 1 aliphatic rings. The summed E-state index contributed by atoms with van der Waals surface area (Å²) in [5, 5.41) is 3.51. The lowest BCUT2D eigenvalue weighted by molar-refractivity contribution is 0.115. The van der Waals surface area contributed by atoms with Crippen LogP contribution in [0.15, 0.2) is 35.3 Å². The van der Waals surface area contributed by atoms with Gasteiger partial charge in [0.1, 0.15) is 0 Å². The van der Waals surface area contributed by atoms with Crippen LogP contribution in [-0.4, -0.2) is 76.3 Å². The van der Waals surface area contributed by atoms with E-state index in [-0.39, 0.29) is 24.0 Å². The molecular weight excluding hydrogens is 439 g/mol. The van der Waals surface area contributed by atoms with Crippen molar-refractivity contribution in [2.45, 2.75) is 25.3 Å². The Kier molecular flexibility index (Phi) is 11.2. The number of ether oxygens (including phenoxy) is 1. The molecule has 0 radical (unpaired) electrons. The molecule has 0 spiro atoms. The standard InChI is InChI=1S/C20H34N4O.HI/c1-21-20(24(4)12-13-25-16-18-10-11-18)22-15-19(23(2)3)14-17-8-6-5-7-9-17;/h5-9,18-19H,10-16H2,1-4H3,(H,21,22);1H. The molecular formula is C20H35IN4O. The fourth-order valence-corrected chi connectivity index (χ4v) is 2.76. The number of likely N-dealkylation sites (N-methyl/N-ethyl adjacent to an activating group) is 2. The summed E-state index contributed by atoms with van der Waals surface area (Å²) in [7, 11) is 8.17. The smallest absolute Gasteiger partial charge is 0.193 e. The maximum Gasteiger partial charge on any atom is 0.193 e. The molecule has 0 heterocycles. The second-order valence-electron chi connectivity index (χ2n) is 7.18. The number of rotatable bonds is 10. The predicted octanol–water partition coefficient (Wildman–Crippen LogP) is 2.71. The van der Waals surface area contributed by atoms with Crippen molar-refractivity contribution >= 4 is 29.9 Å². The van der Waals surface area contributed by atoms with E-state index >= 15 is 0 Å². The van der Waals surface area contributed by atoms with Crippen LogP contribution < -0.4 is 5.32 Å². The molecule has 1 atom stereocenters. The van der Waals surface area contributed by atoms with Gasteiger partial charge < -0.3 is 19.9 Å². The molecule has 1 aromatic rings. The average Bonchev–Trinajstić information content (AvgIpc) is 3.43. The van der Waals surface area contributed by atoms with Crippen LogP contribution >= 0.6 is 24.0 Å². The van der Waals surface area contributed by atoms with Gasteiger partial charge in [0.25, 0.3) is 0 Å². The molecule has 1 unspecified atom stereocenters. The lowest BCUT2D eigenvalue weighted by atomic mass is 10.1. The van der Waals surface area contributed by atoms with Gasteiger partial charge in [-0.3, -0.25) is 4.99 Å². The summed E-state index contributed by atoms with van der Waals surface area (Å²) >= 11 is 0. The van der Waals surface area contributed by atoms with Gasteiger partial charge in [0, 0.05) is 39.8 Å². The minimum atomic E-state index is 0. The zero-order valence-electron chi connectivity index (χ0n) is 16.6. The molecule has 148 valence electrons. The number of aliphatic imine (C=N–C) groups is 1. The number of guanidine groups is 1. The van der Waals surface area contributed by atoms with E-state index in [1.165, 1.54) is 18.4 Å². The highest BCUT2D eigenvalue weighted by Gasteiger charge is 2.21. The van der Waals surface area contributed by atoms with E-state index in [1.54, 1.807) is 0 Å². The van der Waals surface area contributed by atoms with Crippen LogP contribution in [0.3, 0.4) is 0 Å². The van der Waals surface area contributed by atoms with E-state index in [1.807, 2.05) is 7.05 Å². The van der Waals surface area contributed by atoms with E-state index in [4.69, 9.17) is 4.74 Å². The Balaban J connectivity index is 0.00000338. The summed E-state index contributed by atoms with van der Waals surface area (Å²) in [4.78, 5) is 8.82. The summed E-state index contributed by atoms with van der Waals surface area (Å²) in [5.74, 6) is 1.75. The molecule has 2 rings (SSSR count). The molecule has 0 bridgehead atoms. The molecule has 0 amide bonds. The molecule has 26 heavy (non-hydrogen) atoms. The summed E-state index contributed by atoms with van der Waals surface area (Å²) < 4.78 is 5.73. The van der Waals surface area contributed by atoms with Gasteiger partial charge in [-0.15, -0.1) is 24.0 Å². The van der Waals surface area contributed by atoms with Crippen LogP contribution in [-0.2, 0) is 11.2 Å². The van der Waals surface area contributed by atoms with Gasteiger partial charge in [0.2, 0.25) is 0 Å². The van der Waals surface area contributed by atoms with Crippen molar-refractivity contribution in [3.63, 3.8) is 0 Å². The normalized spacial score (nSPS) is 15.5. The first-order valence-corrected chi connectivity index (χ1v) is 9.30. The van der Waals surface area contributed by atoms with Crippen molar-refractivity contribution in [3.05, 3.63) is 35.9 Å². The van der Waals surface area contributed by atoms with E-state index in [2.05, 4.69) is 71.6 Å². The fourth-order valence-electron chi connectivity index (χ4n) is 2.76. The molecule has 1 aromatic carbocycles. The van der Waals surface area contributed by atoms with Gasteiger partial charge in [-0.2, -0.15) is 0 Å². The third-order valence-corrected chi connectivity index (χ3v) is 4.74. The number of benzene rings is 1. The minimum Gasteiger partial charge on any atom is -0.379 e. The Labute approximate surface area is 176 Å². The quantitative estimate of drug-likeness (QED) is 0.245. The third-order valence-electron chi connectivity index (χ3n) is 4.74. The first kappa shape index (κ1) is 23.2. The van der Waals surface area contributed by atoms with Crippen molar-refractivity contribution in [2.75, 3.05) is 54.5 Å². The highest BCUT2D eigenvalue weighted by molar-refractivity contribution is 14.0. The van der Waals surface area contributed by atoms with Gasteiger partial charge in [-0.05, 0) is 44.8 Å². The Morgan fingerprint density at radius 2 is 1.92 bits per heavy atom. The second-order valence-corrected chi connectivity index (χ2v) is 7.18. The highest BCUT2D eigenvalue weighted by atomic mass is 127. The van der Waals surface area contributed by atoms with Gasteiger partial charge >= 0.3 is 0 Å².